The zero-order chi connectivity index (χ0) is 10.0. The van der Waals surface area contributed by atoms with Gasteiger partial charge in [-0.1, -0.05) is 0 Å². The largest absolute Gasteiger partial charge is 0.367 e. The molecule has 1 N–H and O–H groups in total. The van der Waals surface area contributed by atoms with Gasteiger partial charge in [0.25, 0.3) is 0 Å². The summed E-state index contributed by atoms with van der Waals surface area (Å²) in [4.78, 5) is 14.1. The molecule has 0 spiro atoms. The van der Waals surface area contributed by atoms with Crippen molar-refractivity contribution in [3.63, 3.8) is 0 Å². The molecule has 0 aliphatic rings. The van der Waals surface area contributed by atoms with Crippen molar-refractivity contribution in [3.8, 4) is 0 Å². The number of pyridine rings is 1. The van der Waals surface area contributed by atoms with Crippen molar-refractivity contribution in [2.45, 2.75) is 6.92 Å². The van der Waals surface area contributed by atoms with E-state index in [2.05, 4.69) is 26.2 Å². The van der Waals surface area contributed by atoms with Crippen LogP contribution in [0.5, 0.6) is 0 Å². The lowest BCUT2D eigenvalue weighted by molar-refractivity contribution is -0.384. The molecule has 0 aliphatic heterocycles. The van der Waals surface area contributed by atoms with Gasteiger partial charge in [-0.15, -0.1) is 0 Å². The van der Waals surface area contributed by atoms with Crippen molar-refractivity contribution in [3.05, 3.63) is 26.3 Å². The fraction of sp³-hybridized carbons (Fsp3) is 0.286. The Balaban J connectivity index is 3.38. The number of nitro groups is 1. The first kappa shape index (κ1) is 9.91. The molecule has 1 heterocycles. The highest BCUT2D eigenvalue weighted by molar-refractivity contribution is 9.10. The smallest absolute Gasteiger partial charge is 0.314 e. The summed E-state index contributed by atoms with van der Waals surface area (Å²) in [5.41, 5.74) is 0.599. The molecule has 70 valence electrons. The molecule has 0 bridgehead atoms. The van der Waals surface area contributed by atoms with Crippen LogP contribution in [0.4, 0.5) is 11.5 Å². The van der Waals surface area contributed by atoms with Crippen LogP contribution in [-0.2, 0) is 0 Å². The van der Waals surface area contributed by atoms with E-state index in [0.29, 0.717) is 10.2 Å². The Hall–Kier alpha value is -1.17. The standard InChI is InChI=1S/C7H8BrN3O2/c1-4-3-5(8)10-7(9-2)6(4)11(12)13/h3H,1-2H3,(H,9,10). The number of rotatable bonds is 2. The van der Waals surface area contributed by atoms with E-state index >= 15 is 0 Å². The SMILES string of the molecule is CNc1nc(Br)cc(C)c1[N+](=O)[O-]. The van der Waals surface area contributed by atoms with Crippen LogP contribution in [0.3, 0.4) is 0 Å². The molecular weight excluding hydrogens is 238 g/mol. The van der Waals surface area contributed by atoms with Crippen molar-refractivity contribution in [1.82, 2.24) is 4.98 Å². The molecule has 1 aromatic rings. The first-order valence-corrected chi connectivity index (χ1v) is 4.35. The minimum absolute atomic E-state index is 0.0192. The first-order chi connectivity index (χ1) is 6.06. The lowest BCUT2D eigenvalue weighted by Crippen LogP contribution is -2.01. The number of hydrogen-bond acceptors (Lipinski definition) is 4. The van der Waals surface area contributed by atoms with Crippen LogP contribution in [0.1, 0.15) is 5.56 Å². The van der Waals surface area contributed by atoms with Crippen molar-refractivity contribution >= 4 is 27.4 Å². The van der Waals surface area contributed by atoms with Gasteiger partial charge < -0.3 is 5.32 Å². The lowest BCUT2D eigenvalue weighted by Gasteiger charge is -2.03. The predicted octanol–water partition coefficient (Wildman–Crippen LogP) is 2.10. The Bertz CT molecular complexity index is 354. The van der Waals surface area contributed by atoms with Crippen LogP contribution in [0, 0.1) is 17.0 Å². The highest BCUT2D eigenvalue weighted by atomic mass is 79.9. The van der Waals surface area contributed by atoms with Gasteiger partial charge in [0.1, 0.15) is 4.60 Å². The van der Waals surface area contributed by atoms with Gasteiger partial charge in [-0.25, -0.2) is 4.98 Å². The Kier molecular flexibility index (Phi) is 2.82. The number of hydrogen-bond donors (Lipinski definition) is 1. The summed E-state index contributed by atoms with van der Waals surface area (Å²) in [7, 11) is 1.60. The molecule has 0 amide bonds. The summed E-state index contributed by atoms with van der Waals surface area (Å²) in [5, 5.41) is 13.3. The predicted molar refractivity (Wildman–Crippen MR) is 52.9 cm³/mol. The topological polar surface area (TPSA) is 68.1 Å². The molecule has 0 saturated heterocycles. The Morgan fingerprint density at radius 2 is 2.31 bits per heavy atom. The molecule has 0 fully saturated rings. The van der Waals surface area contributed by atoms with Crippen LogP contribution < -0.4 is 5.32 Å². The number of aromatic nitrogens is 1. The minimum atomic E-state index is -0.444. The highest BCUT2D eigenvalue weighted by Gasteiger charge is 2.18. The quantitative estimate of drug-likeness (QED) is 0.493. The zero-order valence-corrected chi connectivity index (χ0v) is 8.75. The molecule has 0 aromatic carbocycles. The maximum Gasteiger partial charge on any atom is 0.314 e. The molecule has 6 heteroatoms. The lowest BCUT2D eigenvalue weighted by atomic mass is 10.2. The van der Waals surface area contributed by atoms with E-state index < -0.39 is 4.92 Å². The fourth-order valence-corrected chi connectivity index (χ4v) is 1.55. The molecule has 1 rings (SSSR count). The average molecular weight is 246 g/mol. The van der Waals surface area contributed by atoms with Gasteiger partial charge in [0.2, 0.25) is 5.82 Å². The highest BCUT2D eigenvalue weighted by Crippen LogP contribution is 2.28. The van der Waals surface area contributed by atoms with Gasteiger partial charge in [0.15, 0.2) is 0 Å². The number of halogens is 1. The minimum Gasteiger partial charge on any atom is -0.367 e. The van der Waals surface area contributed by atoms with Crippen LogP contribution in [-0.4, -0.2) is 17.0 Å². The van der Waals surface area contributed by atoms with Crippen molar-refractivity contribution in [2.24, 2.45) is 0 Å². The van der Waals surface area contributed by atoms with E-state index in [1.54, 1.807) is 20.0 Å². The number of nitrogens with zero attached hydrogens (tertiary/aromatic N) is 2. The summed E-state index contributed by atoms with van der Waals surface area (Å²) in [5.74, 6) is 0.275. The van der Waals surface area contributed by atoms with E-state index in [4.69, 9.17) is 0 Å². The number of anilines is 1. The average Bonchev–Trinajstić information content (AvgIpc) is 2.01. The summed E-state index contributed by atoms with van der Waals surface area (Å²) in [6.45, 7) is 1.67. The van der Waals surface area contributed by atoms with Gasteiger partial charge in [0.05, 0.1) is 4.92 Å². The maximum atomic E-state index is 10.6. The summed E-state index contributed by atoms with van der Waals surface area (Å²) < 4.78 is 0.583. The van der Waals surface area contributed by atoms with E-state index in [0.717, 1.165) is 0 Å². The van der Waals surface area contributed by atoms with Crippen LogP contribution >= 0.6 is 15.9 Å². The molecule has 0 atom stereocenters. The second-order valence-electron chi connectivity index (χ2n) is 2.47. The first-order valence-electron chi connectivity index (χ1n) is 3.55. The Morgan fingerprint density at radius 1 is 1.69 bits per heavy atom. The van der Waals surface area contributed by atoms with Gasteiger partial charge in [-0.05, 0) is 28.9 Å². The van der Waals surface area contributed by atoms with E-state index in [9.17, 15) is 10.1 Å². The Morgan fingerprint density at radius 3 is 2.77 bits per heavy atom. The maximum absolute atomic E-state index is 10.6. The van der Waals surface area contributed by atoms with Crippen LogP contribution in [0.25, 0.3) is 0 Å². The van der Waals surface area contributed by atoms with Gasteiger partial charge in [-0.3, -0.25) is 10.1 Å². The molecule has 0 saturated carbocycles. The molecular formula is C7H8BrN3O2. The molecule has 0 aliphatic carbocycles. The van der Waals surface area contributed by atoms with E-state index in [-0.39, 0.29) is 11.5 Å². The molecule has 0 unspecified atom stereocenters. The zero-order valence-electron chi connectivity index (χ0n) is 7.17. The van der Waals surface area contributed by atoms with E-state index in [1.807, 2.05) is 0 Å². The number of nitrogens with one attached hydrogen (secondary N) is 1. The van der Waals surface area contributed by atoms with Gasteiger partial charge in [-0.2, -0.15) is 0 Å². The monoisotopic (exact) mass is 245 g/mol. The third-order valence-corrected chi connectivity index (χ3v) is 1.98. The normalized spacial score (nSPS) is 9.77. The van der Waals surface area contributed by atoms with Crippen LogP contribution in [0.2, 0.25) is 0 Å². The van der Waals surface area contributed by atoms with Gasteiger partial charge in [0, 0.05) is 12.6 Å². The van der Waals surface area contributed by atoms with Crippen molar-refractivity contribution in [1.29, 1.82) is 0 Å². The second-order valence-corrected chi connectivity index (χ2v) is 3.28. The third kappa shape index (κ3) is 1.95. The summed E-state index contributed by atoms with van der Waals surface area (Å²) in [6.07, 6.45) is 0. The van der Waals surface area contributed by atoms with Crippen molar-refractivity contribution in [2.75, 3.05) is 12.4 Å². The number of aryl methyl sites for hydroxylation is 1. The fourth-order valence-electron chi connectivity index (χ4n) is 1.03. The summed E-state index contributed by atoms with van der Waals surface area (Å²) >= 11 is 3.16. The van der Waals surface area contributed by atoms with Gasteiger partial charge >= 0.3 is 5.69 Å². The van der Waals surface area contributed by atoms with Crippen molar-refractivity contribution < 1.29 is 4.92 Å². The van der Waals surface area contributed by atoms with Crippen LogP contribution in [0.15, 0.2) is 10.7 Å². The Labute approximate surface area is 83.5 Å². The van der Waals surface area contributed by atoms with E-state index in [1.165, 1.54) is 0 Å². The molecule has 0 radical (unpaired) electrons. The second kappa shape index (κ2) is 3.69. The third-order valence-electron chi connectivity index (χ3n) is 1.57. The molecule has 5 nitrogen and oxygen atoms in total. The summed E-state index contributed by atoms with van der Waals surface area (Å²) in [6, 6.07) is 1.61. The molecule has 1 aromatic heterocycles. The molecule has 13 heavy (non-hydrogen) atoms.